The monoisotopic (exact) mass is 900 g/mol. The summed E-state index contributed by atoms with van der Waals surface area (Å²) >= 11 is 0. The summed E-state index contributed by atoms with van der Waals surface area (Å²) in [5.74, 6) is -2.00. The summed E-state index contributed by atoms with van der Waals surface area (Å²) in [5, 5.41) is 0. The SMILES string of the molecule is C=CC(=O)OCOc1ccc(C(=O)Oc2ccc(OC(=O)c3cccc4c3C3(CC4)CCc4cccc(C(=O)Oc5ccc(OC(=O)c6ccc(OCOC(=O)C=C)cc6)cc5)c43)cc2)cc1. The molecule has 6 aromatic carbocycles. The second-order valence-electron chi connectivity index (χ2n) is 15.2. The molecule has 0 fully saturated rings. The van der Waals surface area contributed by atoms with E-state index < -0.39 is 41.2 Å². The minimum atomic E-state index is -0.655. The van der Waals surface area contributed by atoms with Gasteiger partial charge in [-0.25, -0.2) is 28.8 Å². The van der Waals surface area contributed by atoms with Crippen molar-refractivity contribution >= 4 is 35.8 Å². The van der Waals surface area contributed by atoms with Crippen LogP contribution in [0.5, 0.6) is 34.5 Å². The average molecular weight is 901 g/mol. The number of aryl methyl sites for hydroxylation is 2. The van der Waals surface area contributed by atoms with Gasteiger partial charge in [-0.1, -0.05) is 37.4 Å². The van der Waals surface area contributed by atoms with Gasteiger partial charge in [0.2, 0.25) is 13.6 Å². The van der Waals surface area contributed by atoms with Gasteiger partial charge in [0.15, 0.2) is 0 Å². The maximum Gasteiger partial charge on any atom is 0.343 e. The van der Waals surface area contributed by atoms with Crippen LogP contribution >= 0.6 is 0 Å². The van der Waals surface area contributed by atoms with Crippen molar-refractivity contribution in [3.63, 3.8) is 0 Å². The molecule has 14 nitrogen and oxygen atoms in total. The summed E-state index contributed by atoms with van der Waals surface area (Å²) < 4.78 is 43.0. The quantitative estimate of drug-likeness (QED) is 0.0390. The molecule has 0 aliphatic heterocycles. The molecule has 0 amide bonds. The largest absolute Gasteiger partial charge is 0.457 e. The van der Waals surface area contributed by atoms with Crippen LogP contribution in [0.3, 0.4) is 0 Å². The zero-order valence-corrected chi connectivity index (χ0v) is 35.7. The molecule has 0 heterocycles. The standard InChI is InChI=1S/C53H40O14/c1-3-45(54)62-31-60-37-15-11-35(12-16-37)49(56)64-39-19-23-41(24-20-39)66-51(58)43-9-5-7-33-27-29-53(47(33)43)30-28-34-8-6-10-44(48(34)53)52(59)67-42-25-21-40(22-26-42)65-50(57)36-13-17-38(18-14-36)61-32-63-46(55)4-2/h3-26H,1-2,27-32H2. The first kappa shape index (κ1) is 44.8. The van der Waals surface area contributed by atoms with Gasteiger partial charge in [-0.3, -0.25) is 0 Å². The Kier molecular flexibility index (Phi) is 13.3. The van der Waals surface area contributed by atoms with Crippen molar-refractivity contribution in [3.05, 3.63) is 203 Å². The number of fused-ring (bicyclic) bond motifs is 4. The van der Waals surface area contributed by atoms with Crippen LogP contribution in [0, 0.1) is 0 Å². The molecule has 67 heavy (non-hydrogen) atoms. The number of rotatable bonds is 16. The molecular weight excluding hydrogens is 861 g/mol. The topological polar surface area (TPSA) is 176 Å². The number of carbonyl (C=O) groups excluding carboxylic acids is 6. The maximum atomic E-state index is 14.0. The lowest BCUT2D eigenvalue weighted by Gasteiger charge is -2.30. The van der Waals surface area contributed by atoms with Gasteiger partial charge in [0.05, 0.1) is 22.3 Å². The van der Waals surface area contributed by atoms with Crippen LogP contribution in [0.25, 0.3) is 0 Å². The van der Waals surface area contributed by atoms with Crippen molar-refractivity contribution in [2.24, 2.45) is 0 Å². The highest BCUT2D eigenvalue weighted by atomic mass is 16.7. The zero-order chi connectivity index (χ0) is 46.9. The predicted octanol–water partition coefficient (Wildman–Crippen LogP) is 8.87. The van der Waals surface area contributed by atoms with Crippen LogP contribution in [-0.2, 0) is 37.3 Å². The molecule has 0 N–H and O–H groups in total. The molecule has 0 saturated carbocycles. The third-order valence-electron chi connectivity index (χ3n) is 11.2. The van der Waals surface area contributed by atoms with Crippen LogP contribution in [0.4, 0.5) is 0 Å². The summed E-state index contributed by atoms with van der Waals surface area (Å²) in [6.45, 7) is 6.00. The molecule has 2 aliphatic rings. The van der Waals surface area contributed by atoms with E-state index in [2.05, 4.69) is 13.2 Å². The second kappa shape index (κ2) is 19.9. The van der Waals surface area contributed by atoms with Gasteiger partial charge in [-0.15, -0.1) is 0 Å². The fourth-order valence-corrected chi connectivity index (χ4v) is 8.14. The Morgan fingerprint density at radius 3 is 1.10 bits per heavy atom. The fraction of sp³-hybridized carbons (Fsp3) is 0.132. The Morgan fingerprint density at radius 1 is 0.433 bits per heavy atom. The van der Waals surface area contributed by atoms with E-state index >= 15 is 0 Å². The van der Waals surface area contributed by atoms with Crippen molar-refractivity contribution in [3.8, 4) is 34.5 Å². The summed E-state index contributed by atoms with van der Waals surface area (Å²) in [6, 6.07) is 35.4. The lowest BCUT2D eigenvalue weighted by atomic mass is 9.73. The van der Waals surface area contributed by atoms with E-state index in [0.717, 1.165) is 34.4 Å². The van der Waals surface area contributed by atoms with E-state index in [1.165, 1.54) is 97.1 Å². The lowest BCUT2D eigenvalue weighted by Crippen LogP contribution is -2.28. The molecule has 8 rings (SSSR count). The van der Waals surface area contributed by atoms with E-state index in [0.29, 0.717) is 48.3 Å². The van der Waals surface area contributed by atoms with Crippen LogP contribution in [0.15, 0.2) is 159 Å². The fourth-order valence-electron chi connectivity index (χ4n) is 8.14. The number of hydrogen-bond acceptors (Lipinski definition) is 14. The van der Waals surface area contributed by atoms with Gasteiger partial charge < -0.3 is 37.9 Å². The van der Waals surface area contributed by atoms with E-state index in [1.807, 2.05) is 24.3 Å². The highest BCUT2D eigenvalue weighted by molar-refractivity contribution is 5.97. The molecule has 1 spiro atoms. The van der Waals surface area contributed by atoms with Crippen LogP contribution in [0.2, 0.25) is 0 Å². The summed E-state index contributed by atoms with van der Waals surface area (Å²) in [7, 11) is 0. The first-order chi connectivity index (χ1) is 32.5. The van der Waals surface area contributed by atoms with Gasteiger partial charge in [0.25, 0.3) is 0 Å². The van der Waals surface area contributed by atoms with Crippen LogP contribution < -0.4 is 28.4 Å². The number of ether oxygens (including phenoxy) is 8. The van der Waals surface area contributed by atoms with Crippen LogP contribution in [0.1, 0.15) is 76.5 Å². The predicted molar refractivity (Wildman–Crippen MR) is 239 cm³/mol. The van der Waals surface area contributed by atoms with E-state index in [9.17, 15) is 28.8 Å². The molecule has 0 radical (unpaired) electrons. The molecule has 336 valence electrons. The molecule has 6 aromatic rings. The van der Waals surface area contributed by atoms with Crippen LogP contribution in [-0.4, -0.2) is 49.4 Å². The Balaban J connectivity index is 0.910. The Morgan fingerprint density at radius 2 is 0.761 bits per heavy atom. The molecule has 0 saturated heterocycles. The highest BCUT2D eigenvalue weighted by Crippen LogP contribution is 2.54. The van der Waals surface area contributed by atoms with Crippen molar-refractivity contribution < 1.29 is 66.7 Å². The first-order valence-electron chi connectivity index (χ1n) is 20.9. The summed E-state index contributed by atoms with van der Waals surface area (Å²) in [5.41, 5.74) is 4.23. The normalized spacial score (nSPS) is 12.7. The van der Waals surface area contributed by atoms with Crippen molar-refractivity contribution in [1.29, 1.82) is 0 Å². The Bertz CT molecular complexity index is 2680. The molecule has 0 aromatic heterocycles. The number of benzene rings is 6. The minimum Gasteiger partial charge on any atom is -0.457 e. The van der Waals surface area contributed by atoms with E-state index in [1.54, 1.807) is 12.1 Å². The molecule has 0 bridgehead atoms. The third-order valence-corrected chi connectivity index (χ3v) is 11.2. The molecule has 14 heteroatoms. The van der Waals surface area contributed by atoms with Crippen molar-refractivity contribution in [2.75, 3.05) is 13.6 Å². The Labute approximate surface area is 383 Å². The zero-order valence-electron chi connectivity index (χ0n) is 35.7. The van der Waals surface area contributed by atoms with Gasteiger partial charge in [0, 0.05) is 17.6 Å². The number of carbonyl (C=O) groups is 6. The lowest BCUT2D eigenvalue weighted by molar-refractivity contribution is -0.145. The summed E-state index contributed by atoms with van der Waals surface area (Å²) in [4.78, 5) is 76.1. The average Bonchev–Trinajstić information content (AvgIpc) is 3.93. The first-order valence-corrected chi connectivity index (χ1v) is 20.9. The smallest absolute Gasteiger partial charge is 0.343 e. The minimum absolute atomic E-state index is 0.223. The Hall–Kier alpha value is -8.78. The molecule has 0 atom stereocenters. The molecule has 2 aliphatic carbocycles. The summed E-state index contributed by atoms with van der Waals surface area (Å²) in [6.07, 6.45) is 4.76. The maximum absolute atomic E-state index is 14.0. The highest BCUT2D eigenvalue weighted by Gasteiger charge is 2.49. The van der Waals surface area contributed by atoms with E-state index in [-0.39, 0.29) is 47.7 Å². The van der Waals surface area contributed by atoms with Gasteiger partial charge in [0.1, 0.15) is 34.5 Å². The van der Waals surface area contributed by atoms with Crippen molar-refractivity contribution in [1.82, 2.24) is 0 Å². The number of esters is 6. The van der Waals surface area contributed by atoms with Gasteiger partial charge in [-0.2, -0.15) is 0 Å². The number of hydrogen-bond donors (Lipinski definition) is 0. The third kappa shape index (κ3) is 10.1. The van der Waals surface area contributed by atoms with Gasteiger partial charge >= 0.3 is 35.8 Å². The molecular formula is C53H40O14. The van der Waals surface area contributed by atoms with Gasteiger partial charge in [-0.05, 0) is 157 Å². The van der Waals surface area contributed by atoms with Crippen molar-refractivity contribution in [2.45, 2.75) is 31.1 Å². The van der Waals surface area contributed by atoms with E-state index in [4.69, 9.17) is 37.9 Å². The second-order valence-corrected chi connectivity index (χ2v) is 15.2. The molecule has 0 unspecified atom stereocenters.